The van der Waals surface area contributed by atoms with Crippen LogP contribution < -0.4 is 0 Å². The third-order valence-electron chi connectivity index (χ3n) is 3.64. The van der Waals surface area contributed by atoms with E-state index < -0.39 is 0 Å². The lowest BCUT2D eigenvalue weighted by molar-refractivity contribution is 0.0582. The lowest BCUT2D eigenvalue weighted by Gasteiger charge is -2.38. The number of rotatable bonds is 1. The average molecular weight is 263 g/mol. The lowest BCUT2D eigenvalue weighted by Crippen LogP contribution is -2.43. The van der Waals surface area contributed by atoms with E-state index in [0.29, 0.717) is 0 Å². The molecule has 1 amide bonds. The molecule has 1 aliphatic heterocycles. The third-order valence-corrected chi connectivity index (χ3v) is 3.92. The molecule has 0 atom stereocenters. The molecule has 0 spiro atoms. The second-order valence-corrected chi connectivity index (χ2v) is 6.51. The Kier molecular flexibility index (Phi) is 3.71. The minimum atomic E-state index is 0.149. The average Bonchev–Trinajstić information content (AvgIpc) is 2.30. The zero-order valence-electron chi connectivity index (χ0n) is 11.4. The Hall–Kier alpha value is -0.960. The van der Waals surface area contributed by atoms with E-state index in [1.54, 1.807) is 0 Å². The number of hydrogen-bond acceptors (Lipinski definition) is 2. The fourth-order valence-electron chi connectivity index (χ4n) is 2.61. The molecular weight excluding hydrogens is 242 g/mol. The van der Waals surface area contributed by atoms with Crippen molar-refractivity contribution in [2.24, 2.45) is 5.41 Å². The van der Waals surface area contributed by atoms with Crippen LogP contribution in [-0.2, 0) is 0 Å². The Morgan fingerprint density at radius 3 is 2.78 bits per heavy atom. The minimum Gasteiger partial charge on any atom is -0.338 e. The predicted octanol–water partition coefficient (Wildman–Crippen LogP) is 3.55. The van der Waals surface area contributed by atoms with Gasteiger partial charge in [0.2, 0.25) is 0 Å². The predicted molar refractivity (Wildman–Crippen MR) is 77.3 cm³/mol. The highest BCUT2D eigenvalue weighted by Gasteiger charge is 2.29. The van der Waals surface area contributed by atoms with Crippen LogP contribution in [-0.4, -0.2) is 23.9 Å². The smallest absolute Gasteiger partial charge is 0.254 e. The summed E-state index contributed by atoms with van der Waals surface area (Å²) in [4.78, 5) is 15.4. The molecule has 0 saturated carbocycles. The van der Waals surface area contributed by atoms with Gasteiger partial charge in [-0.2, -0.15) is 0 Å². The second-order valence-electron chi connectivity index (χ2n) is 5.99. The molecule has 18 heavy (non-hydrogen) atoms. The molecule has 0 unspecified atom stereocenters. The van der Waals surface area contributed by atoms with Gasteiger partial charge in [0, 0.05) is 23.5 Å². The highest BCUT2D eigenvalue weighted by Crippen LogP contribution is 2.29. The highest BCUT2D eigenvalue weighted by atomic mass is 32.1. The molecule has 3 heteroatoms. The van der Waals surface area contributed by atoms with E-state index in [0.717, 1.165) is 35.5 Å². The van der Waals surface area contributed by atoms with E-state index >= 15 is 0 Å². The summed E-state index contributed by atoms with van der Waals surface area (Å²) in [5, 5.41) is 0. The topological polar surface area (TPSA) is 20.3 Å². The van der Waals surface area contributed by atoms with E-state index in [9.17, 15) is 4.79 Å². The Bertz CT molecular complexity index is 468. The van der Waals surface area contributed by atoms with E-state index in [1.807, 2.05) is 30.0 Å². The number of amides is 1. The van der Waals surface area contributed by atoms with Crippen LogP contribution in [0.4, 0.5) is 0 Å². The molecule has 1 aromatic rings. The van der Waals surface area contributed by atoms with Crippen LogP contribution in [0.2, 0.25) is 0 Å². The molecule has 0 aliphatic carbocycles. The maximum absolute atomic E-state index is 12.6. The summed E-state index contributed by atoms with van der Waals surface area (Å²) in [6, 6.07) is 5.77. The summed E-state index contributed by atoms with van der Waals surface area (Å²) in [6.07, 6.45) is 2.29. The summed E-state index contributed by atoms with van der Waals surface area (Å²) in [5.74, 6) is 0.149. The SMILES string of the molecule is Cc1ccc(S)cc1C(=O)N1CCCC(C)(C)C1. The molecule has 1 heterocycles. The van der Waals surface area contributed by atoms with Gasteiger partial charge in [-0.3, -0.25) is 4.79 Å². The largest absolute Gasteiger partial charge is 0.338 e. The van der Waals surface area contributed by atoms with Crippen molar-refractivity contribution in [2.45, 2.75) is 38.5 Å². The van der Waals surface area contributed by atoms with Crippen molar-refractivity contribution in [3.05, 3.63) is 29.3 Å². The monoisotopic (exact) mass is 263 g/mol. The first-order valence-corrected chi connectivity index (χ1v) is 6.93. The minimum absolute atomic E-state index is 0.149. The first-order valence-electron chi connectivity index (χ1n) is 6.48. The van der Waals surface area contributed by atoms with E-state index in [2.05, 4.69) is 26.5 Å². The number of likely N-dealkylation sites (tertiary alicyclic amines) is 1. The van der Waals surface area contributed by atoms with Crippen LogP contribution in [0.3, 0.4) is 0 Å². The maximum atomic E-state index is 12.6. The van der Waals surface area contributed by atoms with Gasteiger partial charge < -0.3 is 4.90 Å². The number of thiol groups is 1. The Morgan fingerprint density at radius 2 is 2.11 bits per heavy atom. The van der Waals surface area contributed by atoms with E-state index in [1.165, 1.54) is 6.42 Å². The second kappa shape index (κ2) is 4.96. The fraction of sp³-hybridized carbons (Fsp3) is 0.533. The molecule has 1 aromatic carbocycles. The van der Waals surface area contributed by atoms with Crippen molar-refractivity contribution in [3.63, 3.8) is 0 Å². The number of carbonyl (C=O) groups excluding carboxylic acids is 1. The highest BCUT2D eigenvalue weighted by molar-refractivity contribution is 7.80. The van der Waals surface area contributed by atoms with Gasteiger partial charge in [0.25, 0.3) is 5.91 Å². The molecule has 0 aromatic heterocycles. The molecule has 1 fully saturated rings. The number of hydrogen-bond donors (Lipinski definition) is 1. The van der Waals surface area contributed by atoms with E-state index in [-0.39, 0.29) is 11.3 Å². The number of nitrogens with zero attached hydrogens (tertiary/aromatic N) is 1. The van der Waals surface area contributed by atoms with Crippen molar-refractivity contribution < 1.29 is 4.79 Å². The Morgan fingerprint density at radius 1 is 1.39 bits per heavy atom. The number of piperidine rings is 1. The van der Waals surface area contributed by atoms with Gasteiger partial charge >= 0.3 is 0 Å². The molecule has 0 N–H and O–H groups in total. The van der Waals surface area contributed by atoms with Crippen LogP contribution in [0.15, 0.2) is 23.1 Å². The maximum Gasteiger partial charge on any atom is 0.254 e. The lowest BCUT2D eigenvalue weighted by atomic mass is 9.84. The van der Waals surface area contributed by atoms with Crippen molar-refractivity contribution in [1.29, 1.82) is 0 Å². The quantitative estimate of drug-likeness (QED) is 0.768. The first kappa shape index (κ1) is 13.5. The molecule has 2 rings (SSSR count). The van der Waals surface area contributed by atoms with Crippen molar-refractivity contribution in [2.75, 3.05) is 13.1 Å². The summed E-state index contributed by atoms with van der Waals surface area (Å²) in [5.41, 5.74) is 2.06. The summed E-state index contributed by atoms with van der Waals surface area (Å²) in [7, 11) is 0. The molecule has 0 radical (unpaired) electrons. The normalized spacial score (nSPS) is 18.8. The third kappa shape index (κ3) is 2.89. The van der Waals surface area contributed by atoms with Gasteiger partial charge in [0.15, 0.2) is 0 Å². The van der Waals surface area contributed by atoms with E-state index in [4.69, 9.17) is 0 Å². The van der Waals surface area contributed by atoms with Gasteiger partial charge in [-0.15, -0.1) is 12.6 Å². The molecular formula is C15H21NOS. The Labute approximate surface area is 115 Å². The molecule has 98 valence electrons. The van der Waals surface area contributed by atoms with Crippen LogP contribution in [0.25, 0.3) is 0 Å². The molecule has 0 bridgehead atoms. The fourth-order valence-corrected chi connectivity index (χ4v) is 2.81. The van der Waals surface area contributed by atoms with Crippen LogP contribution in [0.5, 0.6) is 0 Å². The van der Waals surface area contributed by atoms with Crippen LogP contribution >= 0.6 is 12.6 Å². The molecule has 1 saturated heterocycles. The zero-order valence-corrected chi connectivity index (χ0v) is 12.3. The molecule has 2 nitrogen and oxygen atoms in total. The Balaban J connectivity index is 2.23. The molecule has 1 aliphatic rings. The van der Waals surface area contributed by atoms with Gasteiger partial charge in [0.1, 0.15) is 0 Å². The summed E-state index contributed by atoms with van der Waals surface area (Å²) >= 11 is 4.32. The van der Waals surface area contributed by atoms with Crippen LogP contribution in [0.1, 0.15) is 42.6 Å². The number of benzene rings is 1. The van der Waals surface area contributed by atoms with Crippen LogP contribution in [0, 0.1) is 12.3 Å². The van der Waals surface area contributed by atoms with Gasteiger partial charge in [-0.05, 0) is 42.9 Å². The summed E-state index contributed by atoms with van der Waals surface area (Å²) < 4.78 is 0. The van der Waals surface area contributed by atoms with Crippen molar-refractivity contribution in [3.8, 4) is 0 Å². The first-order chi connectivity index (χ1) is 8.39. The van der Waals surface area contributed by atoms with Gasteiger partial charge in [-0.25, -0.2) is 0 Å². The van der Waals surface area contributed by atoms with Crippen molar-refractivity contribution in [1.82, 2.24) is 4.90 Å². The summed E-state index contributed by atoms with van der Waals surface area (Å²) in [6.45, 7) is 8.17. The van der Waals surface area contributed by atoms with Gasteiger partial charge in [-0.1, -0.05) is 19.9 Å². The number of aryl methyl sites for hydroxylation is 1. The number of carbonyl (C=O) groups is 1. The van der Waals surface area contributed by atoms with Crippen molar-refractivity contribution >= 4 is 18.5 Å². The standard InChI is InChI=1S/C15H21NOS/c1-11-5-6-12(18)9-13(11)14(17)16-8-4-7-15(2,3)10-16/h5-6,9,18H,4,7-8,10H2,1-3H3. The van der Waals surface area contributed by atoms with Gasteiger partial charge in [0.05, 0.1) is 0 Å². The zero-order chi connectivity index (χ0) is 13.3.